The largest absolute Gasteiger partial charge is 0.338 e. The number of hydrogen-bond donors (Lipinski definition) is 0. The standard InChI is InChI=1S/C15H17ClO2/c1-4-13-14(11-9-7-8-10-12(11)16)18-15(5-2,6-3)17-13/h1,7-10,13-14H,5-6H2,2-3H3/t13-,14-/m0/s1. The first-order chi connectivity index (χ1) is 8.65. The van der Waals surface area contributed by atoms with E-state index in [1.807, 2.05) is 38.1 Å². The van der Waals surface area contributed by atoms with E-state index in [-0.39, 0.29) is 12.2 Å². The number of rotatable bonds is 3. The molecule has 2 rings (SSSR count). The summed E-state index contributed by atoms with van der Waals surface area (Å²) in [6, 6.07) is 7.59. The van der Waals surface area contributed by atoms with Gasteiger partial charge < -0.3 is 9.47 Å². The number of terminal acetylenes is 1. The van der Waals surface area contributed by atoms with Gasteiger partial charge in [-0.2, -0.15) is 0 Å². The Hall–Kier alpha value is -1.01. The van der Waals surface area contributed by atoms with Crippen molar-refractivity contribution in [3.05, 3.63) is 34.9 Å². The molecule has 0 unspecified atom stereocenters. The molecule has 0 amide bonds. The van der Waals surface area contributed by atoms with E-state index in [0.717, 1.165) is 18.4 Å². The van der Waals surface area contributed by atoms with Gasteiger partial charge in [-0.3, -0.25) is 0 Å². The van der Waals surface area contributed by atoms with E-state index in [1.54, 1.807) is 0 Å². The molecule has 0 N–H and O–H groups in total. The van der Waals surface area contributed by atoms with Crippen LogP contribution in [0.4, 0.5) is 0 Å². The van der Waals surface area contributed by atoms with Crippen LogP contribution in [-0.4, -0.2) is 11.9 Å². The van der Waals surface area contributed by atoms with Gasteiger partial charge in [0.15, 0.2) is 11.9 Å². The summed E-state index contributed by atoms with van der Waals surface area (Å²) >= 11 is 6.20. The molecular formula is C15H17ClO2. The van der Waals surface area contributed by atoms with Crippen LogP contribution in [0.3, 0.4) is 0 Å². The van der Waals surface area contributed by atoms with Crippen LogP contribution in [-0.2, 0) is 9.47 Å². The zero-order valence-electron chi connectivity index (χ0n) is 10.7. The highest BCUT2D eigenvalue weighted by atomic mass is 35.5. The van der Waals surface area contributed by atoms with Crippen molar-refractivity contribution in [3.63, 3.8) is 0 Å². The zero-order chi connectivity index (χ0) is 13.2. The Morgan fingerprint density at radius 1 is 1.28 bits per heavy atom. The predicted molar refractivity (Wildman–Crippen MR) is 72.3 cm³/mol. The first kappa shape index (κ1) is 13.4. The summed E-state index contributed by atoms with van der Waals surface area (Å²) < 4.78 is 12.0. The average molecular weight is 265 g/mol. The average Bonchev–Trinajstić information content (AvgIpc) is 2.79. The van der Waals surface area contributed by atoms with E-state index in [1.165, 1.54) is 0 Å². The lowest BCUT2D eigenvalue weighted by molar-refractivity contribution is -0.176. The topological polar surface area (TPSA) is 18.5 Å². The van der Waals surface area contributed by atoms with E-state index in [4.69, 9.17) is 27.5 Å². The summed E-state index contributed by atoms with van der Waals surface area (Å²) in [4.78, 5) is 0. The number of ether oxygens (including phenoxy) is 2. The molecule has 0 aromatic heterocycles. The first-order valence-electron chi connectivity index (χ1n) is 6.22. The van der Waals surface area contributed by atoms with Gasteiger partial charge in [-0.25, -0.2) is 0 Å². The third-order valence-electron chi connectivity index (χ3n) is 3.41. The van der Waals surface area contributed by atoms with E-state index in [0.29, 0.717) is 5.02 Å². The maximum atomic E-state index is 6.20. The molecule has 1 aliphatic rings. The van der Waals surface area contributed by atoms with Crippen molar-refractivity contribution in [1.82, 2.24) is 0 Å². The normalized spacial score (nSPS) is 25.9. The molecule has 2 atom stereocenters. The fourth-order valence-corrected chi connectivity index (χ4v) is 2.49. The Morgan fingerprint density at radius 3 is 2.50 bits per heavy atom. The summed E-state index contributed by atoms with van der Waals surface area (Å²) in [6.07, 6.45) is 6.40. The van der Waals surface area contributed by atoms with Crippen LogP contribution >= 0.6 is 11.6 Å². The fraction of sp³-hybridized carbons (Fsp3) is 0.467. The van der Waals surface area contributed by atoms with Gasteiger partial charge >= 0.3 is 0 Å². The molecule has 0 radical (unpaired) electrons. The van der Waals surface area contributed by atoms with Gasteiger partial charge in [0, 0.05) is 10.6 Å². The molecule has 0 saturated carbocycles. The highest BCUT2D eigenvalue weighted by Gasteiger charge is 2.45. The summed E-state index contributed by atoms with van der Waals surface area (Å²) in [5.74, 6) is 2.07. The molecule has 1 aromatic rings. The van der Waals surface area contributed by atoms with E-state index in [2.05, 4.69) is 5.92 Å². The Bertz CT molecular complexity index is 460. The van der Waals surface area contributed by atoms with Gasteiger partial charge in [-0.05, 0) is 18.9 Å². The molecule has 1 aliphatic heterocycles. The smallest absolute Gasteiger partial charge is 0.170 e. The van der Waals surface area contributed by atoms with Crippen molar-refractivity contribution in [2.24, 2.45) is 0 Å². The molecule has 96 valence electrons. The minimum atomic E-state index is -0.582. The predicted octanol–water partition coefficient (Wildman–Crippen LogP) is 3.95. The quantitative estimate of drug-likeness (QED) is 0.770. The third kappa shape index (κ3) is 2.27. The van der Waals surface area contributed by atoms with Gasteiger partial charge in [0.1, 0.15) is 6.10 Å². The SMILES string of the molecule is C#C[C@@H]1OC(CC)(CC)O[C@H]1c1ccccc1Cl. The minimum absolute atomic E-state index is 0.288. The second kappa shape index (κ2) is 5.32. The van der Waals surface area contributed by atoms with E-state index < -0.39 is 5.79 Å². The third-order valence-corrected chi connectivity index (χ3v) is 3.76. The minimum Gasteiger partial charge on any atom is -0.338 e. The highest BCUT2D eigenvalue weighted by molar-refractivity contribution is 6.31. The van der Waals surface area contributed by atoms with Gasteiger partial charge in [-0.1, -0.05) is 49.6 Å². The maximum absolute atomic E-state index is 6.20. The molecule has 18 heavy (non-hydrogen) atoms. The first-order valence-corrected chi connectivity index (χ1v) is 6.59. The Labute approximate surface area is 113 Å². The molecule has 0 aliphatic carbocycles. The number of halogens is 1. The lowest BCUT2D eigenvalue weighted by Crippen LogP contribution is -2.28. The van der Waals surface area contributed by atoms with Gasteiger partial charge in [0.05, 0.1) is 0 Å². The fourth-order valence-electron chi connectivity index (χ4n) is 2.25. The summed E-state index contributed by atoms with van der Waals surface area (Å²) in [5, 5.41) is 0.661. The van der Waals surface area contributed by atoms with Gasteiger partial charge in [0.2, 0.25) is 0 Å². The molecular weight excluding hydrogens is 248 g/mol. The van der Waals surface area contributed by atoms with E-state index >= 15 is 0 Å². The van der Waals surface area contributed by atoms with Crippen molar-refractivity contribution in [3.8, 4) is 12.3 Å². The van der Waals surface area contributed by atoms with Crippen LogP contribution in [0, 0.1) is 12.3 Å². The number of hydrogen-bond acceptors (Lipinski definition) is 2. The molecule has 1 fully saturated rings. The van der Waals surface area contributed by atoms with Crippen molar-refractivity contribution >= 4 is 11.6 Å². The van der Waals surface area contributed by atoms with Crippen LogP contribution in [0.15, 0.2) is 24.3 Å². The second-order valence-electron chi connectivity index (χ2n) is 4.38. The maximum Gasteiger partial charge on any atom is 0.170 e. The Balaban J connectivity index is 2.34. The van der Waals surface area contributed by atoms with Gasteiger partial charge in [-0.15, -0.1) is 6.42 Å². The molecule has 0 bridgehead atoms. The molecule has 2 nitrogen and oxygen atoms in total. The zero-order valence-corrected chi connectivity index (χ0v) is 11.4. The lowest BCUT2D eigenvalue weighted by Gasteiger charge is -2.24. The molecule has 1 saturated heterocycles. The Morgan fingerprint density at radius 2 is 1.94 bits per heavy atom. The van der Waals surface area contributed by atoms with Crippen LogP contribution in [0.1, 0.15) is 38.4 Å². The van der Waals surface area contributed by atoms with Crippen molar-refractivity contribution in [1.29, 1.82) is 0 Å². The lowest BCUT2D eigenvalue weighted by atomic mass is 10.1. The van der Waals surface area contributed by atoms with Crippen LogP contribution < -0.4 is 0 Å². The van der Waals surface area contributed by atoms with Crippen LogP contribution in [0.2, 0.25) is 5.02 Å². The molecule has 1 aromatic carbocycles. The van der Waals surface area contributed by atoms with E-state index in [9.17, 15) is 0 Å². The monoisotopic (exact) mass is 264 g/mol. The highest BCUT2D eigenvalue weighted by Crippen LogP contribution is 2.43. The van der Waals surface area contributed by atoms with Crippen LogP contribution in [0.5, 0.6) is 0 Å². The Kier molecular flexibility index (Phi) is 3.97. The molecule has 0 spiro atoms. The summed E-state index contributed by atoms with van der Waals surface area (Å²) in [5.41, 5.74) is 0.894. The summed E-state index contributed by atoms with van der Waals surface area (Å²) in [6.45, 7) is 4.07. The van der Waals surface area contributed by atoms with Crippen molar-refractivity contribution < 1.29 is 9.47 Å². The van der Waals surface area contributed by atoms with Crippen molar-refractivity contribution in [2.45, 2.75) is 44.7 Å². The second-order valence-corrected chi connectivity index (χ2v) is 4.79. The van der Waals surface area contributed by atoms with Gasteiger partial charge in [0.25, 0.3) is 0 Å². The van der Waals surface area contributed by atoms with Crippen LogP contribution in [0.25, 0.3) is 0 Å². The van der Waals surface area contributed by atoms with Crippen molar-refractivity contribution in [2.75, 3.05) is 0 Å². The molecule has 3 heteroatoms. The molecule has 1 heterocycles. The summed E-state index contributed by atoms with van der Waals surface area (Å²) in [7, 11) is 0. The number of benzene rings is 1.